The number of aromatic amines is 1. The standard InChI is InChI=1S/C36H20N4O2S/c37-20-21-9-13-23(14-10-21)43(41,42)24-15-11-22(12-16-24)40-34-19-27-25-5-1-3-7-31(25)38-33(27)18-28(34)30-17-29-26-6-2-4-8-32(26)39-35(29)36(30)40/h1-19,39H. The molecule has 2 aromatic heterocycles. The zero-order chi connectivity index (χ0) is 28.9. The summed E-state index contributed by atoms with van der Waals surface area (Å²) in [5.74, 6) is 0. The van der Waals surface area contributed by atoms with Crippen molar-refractivity contribution >= 4 is 43.4 Å². The second kappa shape index (κ2) is 8.41. The van der Waals surface area contributed by atoms with Gasteiger partial charge in [-0.05, 0) is 78.9 Å². The minimum absolute atomic E-state index is 0.154. The molecule has 0 radical (unpaired) electrons. The van der Waals surface area contributed by atoms with Crippen LogP contribution in [0.2, 0.25) is 0 Å². The molecule has 6 nitrogen and oxygen atoms in total. The van der Waals surface area contributed by atoms with Gasteiger partial charge in [-0.3, -0.25) is 0 Å². The lowest BCUT2D eigenvalue weighted by Gasteiger charge is -2.09. The summed E-state index contributed by atoms with van der Waals surface area (Å²) < 4.78 is 29.1. The van der Waals surface area contributed by atoms with E-state index < -0.39 is 9.84 Å². The molecule has 1 aliphatic heterocycles. The summed E-state index contributed by atoms with van der Waals surface area (Å²) >= 11 is 0. The molecule has 1 N–H and O–H groups in total. The molecule has 2 aliphatic rings. The van der Waals surface area contributed by atoms with E-state index in [0.29, 0.717) is 5.56 Å². The van der Waals surface area contributed by atoms with E-state index >= 15 is 0 Å². The summed E-state index contributed by atoms with van der Waals surface area (Å²) in [5, 5.41) is 17.7. The van der Waals surface area contributed by atoms with Crippen LogP contribution in [0.3, 0.4) is 0 Å². The minimum Gasteiger partial charge on any atom is -0.353 e. The van der Waals surface area contributed by atoms with Crippen LogP contribution in [0, 0.1) is 32.5 Å². The van der Waals surface area contributed by atoms with E-state index in [0.717, 1.165) is 70.5 Å². The zero-order valence-corrected chi connectivity index (χ0v) is 23.4. The molecule has 0 amide bonds. The highest BCUT2D eigenvalue weighted by molar-refractivity contribution is 7.91. The lowest BCUT2D eigenvalue weighted by molar-refractivity contribution is 0.596. The Morgan fingerprint density at radius 2 is 1.49 bits per heavy atom. The molecule has 1 aliphatic carbocycles. The first-order chi connectivity index (χ1) is 21.0. The highest BCUT2D eigenvalue weighted by atomic mass is 32.2. The summed E-state index contributed by atoms with van der Waals surface area (Å²) in [7, 11) is -3.75. The molecule has 43 heavy (non-hydrogen) atoms. The van der Waals surface area contributed by atoms with Crippen LogP contribution < -0.4 is 10.6 Å². The van der Waals surface area contributed by atoms with Gasteiger partial charge in [0.1, 0.15) is 0 Å². The molecular weight excluding hydrogens is 552 g/mol. The van der Waals surface area contributed by atoms with Gasteiger partial charge < -0.3 is 9.55 Å². The average molecular weight is 573 g/mol. The molecule has 7 heteroatoms. The number of nitriles is 1. The van der Waals surface area contributed by atoms with Crippen LogP contribution >= 0.6 is 0 Å². The molecule has 5 aromatic carbocycles. The van der Waals surface area contributed by atoms with Gasteiger partial charge in [-0.1, -0.05) is 36.4 Å². The Morgan fingerprint density at radius 3 is 2.28 bits per heavy atom. The molecule has 0 fully saturated rings. The van der Waals surface area contributed by atoms with Crippen LogP contribution in [0.4, 0.5) is 5.69 Å². The molecule has 0 unspecified atom stereocenters. The fraction of sp³-hybridized carbons (Fsp3) is 0. The number of nitrogens with zero attached hydrogens (tertiary/aromatic N) is 3. The second-order valence-electron chi connectivity index (χ2n) is 10.9. The Labute approximate surface area is 244 Å². The molecule has 9 rings (SSSR count). The first-order valence-electron chi connectivity index (χ1n) is 13.9. The molecule has 7 aromatic rings. The second-order valence-corrected chi connectivity index (χ2v) is 12.8. The maximum Gasteiger partial charge on any atom is 0.206 e. The van der Waals surface area contributed by atoms with Gasteiger partial charge in [0.05, 0.1) is 48.7 Å². The van der Waals surface area contributed by atoms with Gasteiger partial charge in [0, 0.05) is 43.2 Å². The third-order valence-electron chi connectivity index (χ3n) is 8.53. The van der Waals surface area contributed by atoms with Crippen molar-refractivity contribution in [1.82, 2.24) is 9.55 Å². The van der Waals surface area contributed by atoms with Crippen molar-refractivity contribution in [2.45, 2.75) is 9.79 Å². The Bertz CT molecular complexity index is 2840. The van der Waals surface area contributed by atoms with Crippen molar-refractivity contribution in [3.05, 3.63) is 152 Å². The third kappa shape index (κ3) is 3.27. The number of benzene rings is 5. The molecule has 0 bridgehead atoms. The monoisotopic (exact) mass is 572 g/mol. The number of rotatable bonds is 3. The van der Waals surface area contributed by atoms with E-state index in [-0.39, 0.29) is 9.79 Å². The quantitative estimate of drug-likeness (QED) is 0.290. The number of fused-ring (bicyclic) bond motifs is 8. The Balaban J connectivity index is 1.33. The van der Waals surface area contributed by atoms with Crippen molar-refractivity contribution in [1.29, 1.82) is 5.26 Å². The average Bonchev–Trinajstić information content (AvgIpc) is 3.77. The first-order valence-corrected chi connectivity index (χ1v) is 15.3. The summed E-state index contributed by atoms with van der Waals surface area (Å²) in [5.41, 5.74) is 5.43. The maximum absolute atomic E-state index is 13.4. The van der Waals surface area contributed by atoms with Crippen LogP contribution in [0.25, 0.3) is 33.6 Å². The van der Waals surface area contributed by atoms with Crippen LogP contribution in [-0.2, 0) is 9.84 Å². The van der Waals surface area contributed by atoms with Gasteiger partial charge in [-0.2, -0.15) is 5.26 Å². The predicted octanol–water partition coefficient (Wildman–Crippen LogP) is 5.80. The summed E-state index contributed by atoms with van der Waals surface area (Å²) in [6.07, 6.45) is 2.25. The Kier molecular flexibility index (Phi) is 4.68. The van der Waals surface area contributed by atoms with Crippen LogP contribution in [0.5, 0.6) is 0 Å². The van der Waals surface area contributed by atoms with Crippen LogP contribution in [-0.4, -0.2) is 18.0 Å². The van der Waals surface area contributed by atoms with Crippen molar-refractivity contribution < 1.29 is 8.42 Å². The van der Waals surface area contributed by atoms with E-state index in [9.17, 15) is 8.42 Å². The van der Waals surface area contributed by atoms with Gasteiger partial charge in [-0.15, -0.1) is 0 Å². The lowest BCUT2D eigenvalue weighted by Crippen LogP contribution is -2.03. The third-order valence-corrected chi connectivity index (χ3v) is 10.3. The number of sulfone groups is 1. The molecule has 202 valence electrons. The predicted molar refractivity (Wildman–Crippen MR) is 164 cm³/mol. The molecule has 0 saturated heterocycles. The van der Waals surface area contributed by atoms with Gasteiger partial charge in [0.15, 0.2) is 0 Å². The van der Waals surface area contributed by atoms with Crippen molar-refractivity contribution in [3.8, 4) is 11.8 Å². The molecular formula is C36H20N4O2S. The van der Waals surface area contributed by atoms with Gasteiger partial charge in [0.2, 0.25) is 9.84 Å². The van der Waals surface area contributed by atoms with Crippen LogP contribution in [0.15, 0.2) is 124 Å². The smallest absolute Gasteiger partial charge is 0.206 e. The number of hydrogen-bond acceptors (Lipinski definition) is 4. The van der Waals surface area contributed by atoms with Gasteiger partial charge >= 0.3 is 0 Å². The zero-order valence-electron chi connectivity index (χ0n) is 22.5. The highest BCUT2D eigenvalue weighted by Gasteiger charge is 2.22. The number of hydrogen-bond donors (Lipinski definition) is 1. The van der Waals surface area contributed by atoms with Gasteiger partial charge in [-0.25, -0.2) is 13.4 Å². The Morgan fingerprint density at radius 1 is 0.767 bits per heavy atom. The summed E-state index contributed by atoms with van der Waals surface area (Å²) in [4.78, 5) is 8.92. The van der Waals surface area contributed by atoms with E-state index in [1.807, 2.05) is 42.5 Å². The van der Waals surface area contributed by atoms with E-state index in [4.69, 9.17) is 10.3 Å². The Hall–Kier alpha value is -5.71. The molecule has 0 spiro atoms. The maximum atomic E-state index is 13.4. The van der Waals surface area contributed by atoms with Crippen molar-refractivity contribution in [3.63, 3.8) is 0 Å². The minimum atomic E-state index is -3.75. The topological polar surface area (TPSA) is 91.0 Å². The van der Waals surface area contributed by atoms with E-state index in [2.05, 4.69) is 52.0 Å². The largest absolute Gasteiger partial charge is 0.353 e. The summed E-state index contributed by atoms with van der Waals surface area (Å²) in [6.45, 7) is 0. The number of H-pyrrole nitrogens is 1. The van der Waals surface area contributed by atoms with Gasteiger partial charge in [0.25, 0.3) is 0 Å². The van der Waals surface area contributed by atoms with Crippen LogP contribution in [0.1, 0.15) is 11.1 Å². The molecule has 0 atom stereocenters. The fourth-order valence-electron chi connectivity index (χ4n) is 6.51. The molecule has 3 heterocycles. The fourth-order valence-corrected chi connectivity index (χ4v) is 7.77. The van der Waals surface area contributed by atoms with E-state index in [1.54, 1.807) is 12.1 Å². The molecule has 0 saturated carbocycles. The van der Waals surface area contributed by atoms with Crippen molar-refractivity contribution in [2.24, 2.45) is 4.99 Å². The number of aromatic nitrogens is 2. The lowest BCUT2D eigenvalue weighted by atomic mass is 10.1. The normalized spacial score (nSPS) is 12.7. The number of nitrogens with one attached hydrogen (secondary N) is 1. The highest BCUT2D eigenvalue weighted by Crippen LogP contribution is 2.35. The first kappa shape index (κ1) is 23.9. The summed E-state index contributed by atoms with van der Waals surface area (Å²) in [6, 6.07) is 35.9. The van der Waals surface area contributed by atoms with E-state index in [1.165, 1.54) is 24.3 Å². The SMILES string of the molecule is N#Cc1ccc(S(=O)(=O)c2ccc(-n3c4c(c5cc6c(cc53)=c3ccccc3=N6)C=c3c=4[nH]c4ccccc34)cc2)cc1. The van der Waals surface area contributed by atoms with Crippen molar-refractivity contribution in [2.75, 3.05) is 0 Å². The number of para-hydroxylation sites is 2.